The number of rotatable bonds is 6. The first-order valence-corrected chi connectivity index (χ1v) is 30.2. The lowest BCUT2D eigenvalue weighted by atomic mass is 9.86. The van der Waals surface area contributed by atoms with Crippen LogP contribution in [0.5, 0.6) is 0 Å². The van der Waals surface area contributed by atoms with Crippen LogP contribution in [0.3, 0.4) is 0 Å². The van der Waals surface area contributed by atoms with Gasteiger partial charge in [0.1, 0.15) is 22.7 Å². The highest BCUT2D eigenvalue weighted by Gasteiger charge is 2.34. The molecule has 0 N–H and O–H groups in total. The molecule has 2 atom stereocenters. The standard InChI is InChI=1S/C79H56N4O2/c1-79(41-40-77-65(47-79)60-22-7-13-31-74(60)84-77)83-70-29-12-5-21-58(70)62-43-49(33-37-71(62)83)48-16-14-17-51(42-48)81-69-28-11-6-23-61(69)78-54(24-15-30-72(78)81)50-32-36-59-57-20-4-10-27-68(57)82(73(59)44-50)53-35-39-76-64(46-53)63-45-52(34-38-75(63)85-76)80-66-25-8-2-18-55(66)56-19-3-9-26-67(56)80/h2-8,10-14,16-25,27-29,31-45,53H,9,15,26,30,46-47H2,1H3/t53?,79-/m1/s1. The number of para-hydroxylation sites is 5. The summed E-state index contributed by atoms with van der Waals surface area (Å²) in [6.45, 7) is 2.37. The summed E-state index contributed by atoms with van der Waals surface area (Å²) in [6, 6.07) is 74.7. The summed E-state index contributed by atoms with van der Waals surface area (Å²) in [5.74, 6) is 1.93. The molecule has 0 saturated carbocycles. The van der Waals surface area contributed by atoms with Crippen LogP contribution in [0.15, 0.2) is 233 Å². The van der Waals surface area contributed by atoms with E-state index in [0.29, 0.717) is 0 Å². The largest absolute Gasteiger partial charge is 0.456 e. The second-order valence-corrected chi connectivity index (χ2v) is 24.3. The van der Waals surface area contributed by atoms with E-state index < -0.39 is 0 Å². The van der Waals surface area contributed by atoms with Gasteiger partial charge in [0, 0.05) is 117 Å². The Morgan fingerprint density at radius 1 is 0.447 bits per heavy atom. The molecule has 0 amide bonds. The van der Waals surface area contributed by atoms with Crippen LogP contribution in [0.1, 0.15) is 76.5 Å². The second kappa shape index (κ2) is 17.6. The van der Waals surface area contributed by atoms with Gasteiger partial charge in [0.25, 0.3) is 0 Å². The van der Waals surface area contributed by atoms with Gasteiger partial charge in [-0.3, -0.25) is 0 Å². The van der Waals surface area contributed by atoms with Crippen molar-refractivity contribution in [1.29, 1.82) is 0 Å². The summed E-state index contributed by atoms with van der Waals surface area (Å²) in [5.41, 5.74) is 24.3. The molecule has 6 aromatic heterocycles. The molecular formula is C79H56N4O2. The number of benzene rings is 9. The molecule has 4 aliphatic carbocycles. The zero-order chi connectivity index (χ0) is 55.6. The SMILES string of the molecule is C[C@@]1(n2c3ccccc3c3cc(-c4cccc(-n5c6c(c7ccccc75)C(c5ccc7c8ccccc8n(C8C=Cc9oc%10ccc(-n%11c%12c(c%13ccccc%13%11)C=CCC%12)cc%10c9C8)c7c5)=CCC6)c4)ccc32)C=Cc2oc3ccccc3c2C1. The molecule has 1 unspecified atom stereocenters. The fourth-order valence-corrected chi connectivity index (χ4v) is 15.9. The Morgan fingerprint density at radius 2 is 1.11 bits per heavy atom. The van der Waals surface area contributed by atoms with Crippen LogP contribution < -0.4 is 0 Å². The van der Waals surface area contributed by atoms with E-state index in [-0.39, 0.29) is 11.6 Å². The Balaban J connectivity index is 0.694. The molecule has 0 fully saturated rings. The van der Waals surface area contributed by atoms with Gasteiger partial charge in [-0.05, 0) is 146 Å². The summed E-state index contributed by atoms with van der Waals surface area (Å²) in [5, 5.41) is 10.1. The van der Waals surface area contributed by atoms with Crippen LogP contribution in [0, 0.1) is 0 Å². The van der Waals surface area contributed by atoms with E-state index in [1.54, 1.807) is 0 Å². The monoisotopic (exact) mass is 1090 g/mol. The van der Waals surface area contributed by atoms with Gasteiger partial charge in [0.05, 0.1) is 28.1 Å². The lowest BCUT2D eigenvalue weighted by Crippen LogP contribution is -2.32. The number of fused-ring (bicyclic) bond motifs is 18. The topological polar surface area (TPSA) is 46.0 Å². The summed E-state index contributed by atoms with van der Waals surface area (Å²) in [7, 11) is 0. The number of hydrogen-bond acceptors (Lipinski definition) is 2. The first-order chi connectivity index (χ1) is 42.0. The van der Waals surface area contributed by atoms with E-state index in [1.165, 1.54) is 143 Å². The zero-order valence-electron chi connectivity index (χ0n) is 47.0. The van der Waals surface area contributed by atoms with E-state index in [4.69, 9.17) is 8.83 Å². The maximum atomic E-state index is 6.67. The lowest BCUT2D eigenvalue weighted by molar-refractivity contribution is 0.425. The van der Waals surface area contributed by atoms with E-state index in [2.05, 4.69) is 268 Å². The van der Waals surface area contributed by atoms with Gasteiger partial charge >= 0.3 is 0 Å². The average molecular weight is 1090 g/mol. The van der Waals surface area contributed by atoms with Crippen LogP contribution in [0.2, 0.25) is 0 Å². The summed E-state index contributed by atoms with van der Waals surface area (Å²) in [4.78, 5) is 0. The molecule has 6 heterocycles. The molecular weight excluding hydrogens is 1040 g/mol. The zero-order valence-corrected chi connectivity index (χ0v) is 47.0. The molecule has 0 aliphatic heterocycles. The van der Waals surface area contributed by atoms with Gasteiger partial charge in [-0.15, -0.1) is 0 Å². The second-order valence-electron chi connectivity index (χ2n) is 24.3. The molecule has 4 aliphatic rings. The van der Waals surface area contributed by atoms with Crippen molar-refractivity contribution in [3.63, 3.8) is 0 Å². The number of aromatic nitrogens is 4. The van der Waals surface area contributed by atoms with Crippen LogP contribution in [0.4, 0.5) is 0 Å². The molecule has 85 heavy (non-hydrogen) atoms. The van der Waals surface area contributed by atoms with E-state index in [1.807, 2.05) is 0 Å². The Bertz CT molecular complexity index is 5530. The van der Waals surface area contributed by atoms with E-state index in [9.17, 15) is 0 Å². The van der Waals surface area contributed by atoms with Crippen LogP contribution in [-0.2, 0) is 31.2 Å². The minimum atomic E-state index is -0.300. The van der Waals surface area contributed by atoms with Crippen molar-refractivity contribution in [2.45, 2.75) is 57.0 Å². The molecule has 15 aromatic rings. The number of nitrogens with zero attached hydrogens (tertiary/aromatic N) is 4. The highest BCUT2D eigenvalue weighted by molar-refractivity contribution is 6.12. The molecule has 404 valence electrons. The molecule has 6 nitrogen and oxygen atoms in total. The Hall–Kier alpha value is -10.3. The van der Waals surface area contributed by atoms with Crippen molar-refractivity contribution >= 4 is 111 Å². The highest BCUT2D eigenvalue weighted by Crippen LogP contribution is 2.47. The average Bonchev–Trinajstić information content (AvgIpc) is 2.10. The van der Waals surface area contributed by atoms with Crippen molar-refractivity contribution in [3.8, 4) is 22.5 Å². The molecule has 0 radical (unpaired) electrons. The van der Waals surface area contributed by atoms with Crippen molar-refractivity contribution in [1.82, 2.24) is 18.3 Å². The molecule has 0 saturated heterocycles. The summed E-state index contributed by atoms with van der Waals surface area (Å²) < 4.78 is 23.2. The van der Waals surface area contributed by atoms with Crippen molar-refractivity contribution in [2.24, 2.45) is 0 Å². The van der Waals surface area contributed by atoms with Crippen LogP contribution in [-0.4, -0.2) is 18.3 Å². The van der Waals surface area contributed by atoms with Gasteiger partial charge in [0.2, 0.25) is 0 Å². The fourth-order valence-electron chi connectivity index (χ4n) is 15.9. The molecule has 19 rings (SSSR count). The molecule has 6 heteroatoms. The highest BCUT2D eigenvalue weighted by atomic mass is 16.3. The molecule has 0 spiro atoms. The van der Waals surface area contributed by atoms with Crippen molar-refractivity contribution < 1.29 is 8.83 Å². The third kappa shape index (κ3) is 6.76. The third-order valence-corrected chi connectivity index (χ3v) is 19.6. The third-order valence-electron chi connectivity index (χ3n) is 19.6. The quantitative estimate of drug-likeness (QED) is 0.167. The minimum Gasteiger partial charge on any atom is -0.456 e. The lowest BCUT2D eigenvalue weighted by Gasteiger charge is -2.32. The summed E-state index contributed by atoms with van der Waals surface area (Å²) in [6.07, 6.45) is 21.9. The van der Waals surface area contributed by atoms with Gasteiger partial charge in [0.15, 0.2) is 0 Å². The Kier molecular flexibility index (Phi) is 9.79. The smallest absolute Gasteiger partial charge is 0.135 e. The first kappa shape index (κ1) is 47.2. The predicted octanol–water partition coefficient (Wildman–Crippen LogP) is 20.1. The number of hydrogen-bond donors (Lipinski definition) is 0. The first-order valence-electron chi connectivity index (χ1n) is 30.2. The van der Waals surface area contributed by atoms with Crippen LogP contribution >= 0.6 is 0 Å². The number of allylic oxidation sites excluding steroid dienone is 4. The van der Waals surface area contributed by atoms with Gasteiger partial charge in [-0.1, -0.05) is 152 Å². The molecule has 0 bridgehead atoms. The number of furan rings is 2. The van der Waals surface area contributed by atoms with Crippen LogP contribution in [0.25, 0.3) is 134 Å². The maximum Gasteiger partial charge on any atom is 0.135 e. The summed E-state index contributed by atoms with van der Waals surface area (Å²) >= 11 is 0. The normalized spacial score (nSPS) is 17.3. The van der Waals surface area contributed by atoms with E-state index >= 15 is 0 Å². The van der Waals surface area contributed by atoms with Crippen molar-refractivity contribution in [2.75, 3.05) is 0 Å². The Morgan fingerprint density at radius 3 is 1.98 bits per heavy atom. The van der Waals surface area contributed by atoms with E-state index in [0.717, 1.165) is 61.2 Å². The van der Waals surface area contributed by atoms with Gasteiger partial charge in [-0.2, -0.15) is 0 Å². The Labute approximate surface area is 490 Å². The van der Waals surface area contributed by atoms with Crippen molar-refractivity contribution in [3.05, 3.63) is 275 Å². The van der Waals surface area contributed by atoms with Gasteiger partial charge < -0.3 is 27.1 Å². The minimum absolute atomic E-state index is 0.0777. The predicted molar refractivity (Wildman–Crippen MR) is 351 cm³/mol. The maximum absolute atomic E-state index is 6.67. The fraction of sp³-hybridized carbons (Fsp3) is 0.114. The van der Waals surface area contributed by atoms with Gasteiger partial charge in [-0.25, -0.2) is 0 Å². The molecule has 9 aromatic carbocycles.